The highest BCUT2D eigenvalue weighted by Crippen LogP contribution is 2.06. The number of carbonyl (C=O) groups is 6. The van der Waals surface area contributed by atoms with Crippen molar-refractivity contribution in [2.75, 3.05) is 6.54 Å². The van der Waals surface area contributed by atoms with Crippen LogP contribution in [0.15, 0.2) is 0 Å². The zero-order valence-corrected chi connectivity index (χ0v) is 16.1. The smallest absolute Gasteiger partial charge is 0.326 e. The van der Waals surface area contributed by atoms with Crippen LogP contribution in [0.5, 0.6) is 0 Å². The zero-order valence-electron chi connectivity index (χ0n) is 16.1. The summed E-state index contributed by atoms with van der Waals surface area (Å²) < 4.78 is 0. The van der Waals surface area contributed by atoms with E-state index in [1.807, 2.05) is 0 Å². The largest absolute Gasteiger partial charge is 0.481 e. The molecule has 0 rings (SSSR count). The Morgan fingerprint density at radius 3 is 1.93 bits per heavy atom. The monoisotopic (exact) mass is 417 g/mol. The van der Waals surface area contributed by atoms with E-state index in [9.17, 15) is 28.8 Å². The van der Waals surface area contributed by atoms with Crippen molar-refractivity contribution in [3.8, 4) is 0 Å². The molecule has 3 atom stereocenters. The number of hydrogen-bond acceptors (Lipinski definition) is 7. The molecule has 0 spiro atoms. The van der Waals surface area contributed by atoms with E-state index < -0.39 is 73.1 Å². The van der Waals surface area contributed by atoms with Crippen LogP contribution < -0.4 is 27.4 Å². The Morgan fingerprint density at radius 2 is 1.48 bits per heavy atom. The molecular formula is C16H27N5O8. The molecule has 0 aromatic rings. The van der Waals surface area contributed by atoms with Gasteiger partial charge in [0, 0.05) is 0 Å². The Balaban J connectivity index is 4.92. The van der Waals surface area contributed by atoms with Gasteiger partial charge in [0.05, 0.1) is 25.4 Å². The number of rotatable bonds is 13. The summed E-state index contributed by atoms with van der Waals surface area (Å²) in [5, 5.41) is 24.3. The first-order chi connectivity index (χ1) is 13.3. The third kappa shape index (κ3) is 11.3. The van der Waals surface area contributed by atoms with Crippen LogP contribution in [0.3, 0.4) is 0 Å². The van der Waals surface area contributed by atoms with Crippen LogP contribution in [0.25, 0.3) is 0 Å². The topological polar surface area (TPSA) is 231 Å². The highest BCUT2D eigenvalue weighted by Gasteiger charge is 2.28. The third-order valence-electron chi connectivity index (χ3n) is 3.53. The molecule has 0 aromatic carbocycles. The Labute approximate surface area is 166 Å². The van der Waals surface area contributed by atoms with E-state index in [2.05, 4.69) is 16.0 Å². The van der Waals surface area contributed by atoms with Crippen molar-refractivity contribution < 1.29 is 39.0 Å². The molecule has 0 aliphatic rings. The van der Waals surface area contributed by atoms with Crippen LogP contribution in [-0.4, -0.2) is 70.5 Å². The van der Waals surface area contributed by atoms with E-state index in [0.717, 1.165) is 0 Å². The Kier molecular flexibility index (Phi) is 10.9. The minimum absolute atomic E-state index is 0.0657. The second-order valence-electron chi connectivity index (χ2n) is 6.74. The maximum absolute atomic E-state index is 12.4. The normalized spacial score (nSPS) is 13.7. The molecule has 9 N–H and O–H groups in total. The van der Waals surface area contributed by atoms with Gasteiger partial charge in [-0.05, 0) is 12.3 Å². The molecule has 164 valence electrons. The lowest BCUT2D eigenvalue weighted by atomic mass is 10.0. The number of nitrogens with one attached hydrogen (secondary N) is 3. The molecule has 3 unspecified atom stereocenters. The predicted molar refractivity (Wildman–Crippen MR) is 98.0 cm³/mol. The van der Waals surface area contributed by atoms with Crippen LogP contribution in [0.2, 0.25) is 0 Å². The maximum Gasteiger partial charge on any atom is 0.326 e. The van der Waals surface area contributed by atoms with Crippen molar-refractivity contribution in [3.63, 3.8) is 0 Å². The summed E-state index contributed by atoms with van der Waals surface area (Å²) >= 11 is 0. The average Bonchev–Trinajstić information content (AvgIpc) is 2.56. The number of carboxylic acid groups (broad SMARTS) is 2. The molecule has 0 aliphatic heterocycles. The summed E-state index contributed by atoms with van der Waals surface area (Å²) in [4.78, 5) is 68.6. The van der Waals surface area contributed by atoms with Gasteiger partial charge in [-0.3, -0.25) is 24.0 Å². The lowest BCUT2D eigenvalue weighted by Crippen LogP contribution is -2.54. The van der Waals surface area contributed by atoms with Crippen LogP contribution in [-0.2, 0) is 28.8 Å². The number of carboxylic acids is 2. The minimum atomic E-state index is -1.56. The second-order valence-corrected chi connectivity index (χ2v) is 6.74. The van der Waals surface area contributed by atoms with Crippen molar-refractivity contribution >= 4 is 35.6 Å². The van der Waals surface area contributed by atoms with E-state index in [1.165, 1.54) is 0 Å². The molecule has 0 saturated heterocycles. The number of carbonyl (C=O) groups excluding carboxylic acids is 4. The highest BCUT2D eigenvalue weighted by molar-refractivity contribution is 5.94. The Morgan fingerprint density at radius 1 is 0.897 bits per heavy atom. The summed E-state index contributed by atoms with van der Waals surface area (Å²) in [5.74, 6) is -6.22. The van der Waals surface area contributed by atoms with Gasteiger partial charge < -0.3 is 37.6 Å². The van der Waals surface area contributed by atoms with Gasteiger partial charge >= 0.3 is 11.9 Å². The molecule has 29 heavy (non-hydrogen) atoms. The van der Waals surface area contributed by atoms with Crippen LogP contribution >= 0.6 is 0 Å². The molecule has 4 amide bonds. The predicted octanol–water partition coefficient (Wildman–Crippen LogP) is -3.12. The molecule has 0 aromatic heterocycles. The number of nitrogens with two attached hydrogens (primary N) is 2. The van der Waals surface area contributed by atoms with E-state index in [0.29, 0.717) is 0 Å². The summed E-state index contributed by atoms with van der Waals surface area (Å²) in [6.45, 7) is 2.95. The van der Waals surface area contributed by atoms with E-state index in [-0.39, 0.29) is 12.3 Å². The van der Waals surface area contributed by atoms with Crippen LogP contribution in [0.4, 0.5) is 0 Å². The maximum atomic E-state index is 12.4. The second kappa shape index (κ2) is 12.3. The quantitative estimate of drug-likeness (QED) is 0.160. The summed E-state index contributed by atoms with van der Waals surface area (Å²) in [5.41, 5.74) is 10.3. The SMILES string of the molecule is CC(C)CC(NC(=O)CNC(=O)C(N)CC(=O)O)C(=O)NC(CC(N)=O)C(=O)O. The zero-order chi connectivity index (χ0) is 22.7. The van der Waals surface area contributed by atoms with Gasteiger partial charge in [0.1, 0.15) is 12.1 Å². The molecule has 0 fully saturated rings. The summed E-state index contributed by atoms with van der Waals surface area (Å²) in [6.07, 6.45) is -1.10. The van der Waals surface area contributed by atoms with E-state index >= 15 is 0 Å². The molecule has 0 aliphatic carbocycles. The molecule has 0 bridgehead atoms. The van der Waals surface area contributed by atoms with Crippen LogP contribution in [0, 0.1) is 5.92 Å². The van der Waals surface area contributed by atoms with Gasteiger partial charge in [0.2, 0.25) is 23.6 Å². The Bertz CT molecular complexity index is 651. The Hall–Kier alpha value is -3.22. The molecule has 0 saturated carbocycles. The fourth-order valence-electron chi connectivity index (χ4n) is 2.20. The number of primary amides is 1. The number of hydrogen-bond donors (Lipinski definition) is 7. The van der Waals surface area contributed by atoms with E-state index in [4.69, 9.17) is 21.7 Å². The average molecular weight is 417 g/mol. The van der Waals surface area contributed by atoms with Gasteiger partial charge in [-0.15, -0.1) is 0 Å². The lowest BCUT2D eigenvalue weighted by Gasteiger charge is -2.22. The summed E-state index contributed by atoms with van der Waals surface area (Å²) in [7, 11) is 0. The standard InChI is InChI=1S/C16H27N5O8/c1-7(2)3-9(15(27)21-10(16(28)29)5-11(18)22)20-12(23)6-19-14(26)8(17)4-13(24)25/h7-10H,3-6,17H2,1-2H3,(H2,18,22)(H,19,26)(H,20,23)(H,21,27)(H,24,25)(H,28,29). The first-order valence-corrected chi connectivity index (χ1v) is 8.69. The van der Waals surface area contributed by atoms with Gasteiger partial charge in [0.15, 0.2) is 0 Å². The number of amides is 4. The van der Waals surface area contributed by atoms with Gasteiger partial charge in [-0.2, -0.15) is 0 Å². The van der Waals surface area contributed by atoms with Gasteiger partial charge in [-0.1, -0.05) is 13.8 Å². The van der Waals surface area contributed by atoms with Gasteiger partial charge in [-0.25, -0.2) is 4.79 Å². The fourth-order valence-corrected chi connectivity index (χ4v) is 2.20. The molecule has 0 heterocycles. The van der Waals surface area contributed by atoms with Crippen molar-refractivity contribution in [3.05, 3.63) is 0 Å². The minimum Gasteiger partial charge on any atom is -0.481 e. The van der Waals surface area contributed by atoms with Crippen molar-refractivity contribution in [1.82, 2.24) is 16.0 Å². The third-order valence-corrected chi connectivity index (χ3v) is 3.53. The van der Waals surface area contributed by atoms with Crippen LogP contribution in [0.1, 0.15) is 33.1 Å². The molecule has 0 radical (unpaired) electrons. The van der Waals surface area contributed by atoms with Crippen molar-refractivity contribution in [1.29, 1.82) is 0 Å². The molecule has 13 nitrogen and oxygen atoms in total. The first-order valence-electron chi connectivity index (χ1n) is 8.69. The highest BCUT2D eigenvalue weighted by atomic mass is 16.4. The molecular weight excluding hydrogens is 390 g/mol. The fraction of sp³-hybridized carbons (Fsp3) is 0.625. The first kappa shape index (κ1) is 25.8. The van der Waals surface area contributed by atoms with Gasteiger partial charge in [0.25, 0.3) is 0 Å². The summed E-state index contributed by atoms with van der Waals surface area (Å²) in [6, 6.07) is -4.04. The number of aliphatic carboxylic acids is 2. The van der Waals surface area contributed by atoms with Crippen molar-refractivity contribution in [2.24, 2.45) is 17.4 Å². The molecule has 13 heteroatoms. The van der Waals surface area contributed by atoms with Crippen molar-refractivity contribution in [2.45, 2.75) is 51.2 Å². The lowest BCUT2D eigenvalue weighted by molar-refractivity contribution is -0.143. The van der Waals surface area contributed by atoms with E-state index in [1.54, 1.807) is 13.8 Å².